The third-order valence-corrected chi connectivity index (χ3v) is 6.08. The fourth-order valence-electron chi connectivity index (χ4n) is 2.96. The molecule has 1 fully saturated rings. The van der Waals surface area contributed by atoms with E-state index in [9.17, 15) is 8.42 Å². The average Bonchev–Trinajstić information content (AvgIpc) is 3.05. The molecule has 3 rings (SSSR count). The van der Waals surface area contributed by atoms with E-state index in [0.717, 1.165) is 12.8 Å². The maximum atomic E-state index is 12.8. The lowest BCUT2D eigenvalue weighted by molar-refractivity contribution is 0.112. The minimum atomic E-state index is -3.54. The zero-order valence-corrected chi connectivity index (χ0v) is 13.8. The number of rotatable bonds is 5. The zero-order valence-electron chi connectivity index (χ0n) is 13.0. The predicted octanol–water partition coefficient (Wildman–Crippen LogP) is 1.45. The highest BCUT2D eigenvalue weighted by atomic mass is 32.2. The molecular formula is C15H20N4O3S. The number of hydrogen-bond donors (Lipinski definition) is 0. The summed E-state index contributed by atoms with van der Waals surface area (Å²) in [4.78, 5) is 4.03. The van der Waals surface area contributed by atoms with Crippen LogP contribution < -0.4 is 0 Å². The Morgan fingerprint density at radius 2 is 1.87 bits per heavy atom. The van der Waals surface area contributed by atoms with E-state index in [-0.39, 0.29) is 11.8 Å². The summed E-state index contributed by atoms with van der Waals surface area (Å²) in [7, 11) is -2.02. The van der Waals surface area contributed by atoms with E-state index >= 15 is 0 Å². The van der Waals surface area contributed by atoms with Crippen LogP contribution in [0.15, 0.2) is 41.8 Å². The number of methoxy groups -OCH3 is 1. The lowest BCUT2D eigenvalue weighted by atomic mass is 9.91. The smallest absolute Gasteiger partial charge is 0.260 e. The third-order valence-electron chi connectivity index (χ3n) is 4.16. The van der Waals surface area contributed by atoms with Crippen molar-refractivity contribution in [3.05, 3.63) is 42.4 Å². The summed E-state index contributed by atoms with van der Waals surface area (Å²) in [5, 5.41) is 4.19. The van der Waals surface area contributed by atoms with Crippen LogP contribution in [-0.2, 0) is 21.5 Å². The van der Waals surface area contributed by atoms with Crippen LogP contribution in [0.2, 0.25) is 0 Å². The lowest BCUT2D eigenvalue weighted by Crippen LogP contribution is -2.38. The fraction of sp³-hybridized carbons (Fsp3) is 0.467. The number of pyridine rings is 1. The normalized spacial score (nSPS) is 17.4. The summed E-state index contributed by atoms with van der Waals surface area (Å²) in [6.07, 6.45) is 6.66. The van der Waals surface area contributed by atoms with Gasteiger partial charge in [0.05, 0.1) is 6.20 Å². The first-order chi connectivity index (χ1) is 11.1. The lowest BCUT2D eigenvalue weighted by Gasteiger charge is -2.31. The zero-order chi connectivity index (χ0) is 16.3. The largest absolute Gasteiger partial charge is 0.362 e. The second-order valence-electron chi connectivity index (χ2n) is 5.55. The van der Waals surface area contributed by atoms with Gasteiger partial charge in [0.2, 0.25) is 0 Å². The summed E-state index contributed by atoms with van der Waals surface area (Å²) in [6, 6.07) is 5.52. The van der Waals surface area contributed by atoms with Crippen molar-refractivity contribution in [2.75, 3.05) is 20.2 Å². The van der Waals surface area contributed by atoms with Crippen molar-refractivity contribution in [2.45, 2.75) is 30.5 Å². The Hall–Kier alpha value is -1.77. The first-order valence-electron chi connectivity index (χ1n) is 7.54. The van der Waals surface area contributed by atoms with Crippen LogP contribution in [0.4, 0.5) is 0 Å². The molecule has 124 valence electrons. The Balaban J connectivity index is 1.72. The minimum Gasteiger partial charge on any atom is -0.362 e. The Bertz CT molecular complexity index is 737. The Morgan fingerprint density at radius 1 is 1.17 bits per heavy atom. The molecule has 0 aliphatic carbocycles. The summed E-state index contributed by atoms with van der Waals surface area (Å²) < 4.78 is 33.5. The number of sulfonamides is 1. The Morgan fingerprint density at radius 3 is 2.52 bits per heavy atom. The van der Waals surface area contributed by atoms with Crippen molar-refractivity contribution in [2.24, 2.45) is 0 Å². The molecule has 1 aliphatic heterocycles. The molecule has 0 aromatic carbocycles. The molecule has 0 spiro atoms. The standard InChI is InChI=1S/C15H20N4O3S/c1-22-12-19-15(4-9-17-19)23(20,21)18-10-5-14(6-11-18)13-2-7-16-8-3-13/h2-4,7-9,14H,5-6,10-12H2,1H3. The summed E-state index contributed by atoms with van der Waals surface area (Å²) in [6.45, 7) is 1.13. The maximum Gasteiger partial charge on any atom is 0.260 e. The highest BCUT2D eigenvalue weighted by Gasteiger charge is 2.32. The highest BCUT2D eigenvalue weighted by molar-refractivity contribution is 7.89. The molecule has 7 nitrogen and oxygen atoms in total. The molecule has 0 bridgehead atoms. The van der Waals surface area contributed by atoms with Crippen LogP contribution in [0.5, 0.6) is 0 Å². The quantitative estimate of drug-likeness (QED) is 0.826. The van der Waals surface area contributed by atoms with Gasteiger partial charge >= 0.3 is 0 Å². The molecule has 0 unspecified atom stereocenters. The van der Waals surface area contributed by atoms with Crippen molar-refractivity contribution in [3.63, 3.8) is 0 Å². The van der Waals surface area contributed by atoms with Crippen LogP contribution in [-0.4, -0.2) is 47.7 Å². The SMILES string of the molecule is COCn1nccc1S(=O)(=O)N1CCC(c2ccncc2)CC1. The van der Waals surface area contributed by atoms with Gasteiger partial charge in [-0.15, -0.1) is 0 Å². The predicted molar refractivity (Wildman–Crippen MR) is 84.2 cm³/mol. The topological polar surface area (TPSA) is 77.3 Å². The van der Waals surface area contributed by atoms with Crippen molar-refractivity contribution >= 4 is 10.0 Å². The molecule has 1 saturated heterocycles. The molecule has 8 heteroatoms. The van der Waals surface area contributed by atoms with Crippen LogP contribution in [0.3, 0.4) is 0 Å². The van der Waals surface area contributed by atoms with Gasteiger partial charge in [-0.1, -0.05) is 0 Å². The van der Waals surface area contributed by atoms with Crippen LogP contribution in [0.1, 0.15) is 24.3 Å². The minimum absolute atomic E-state index is 0.120. The number of nitrogens with zero attached hydrogens (tertiary/aromatic N) is 4. The van der Waals surface area contributed by atoms with Crippen molar-refractivity contribution < 1.29 is 13.2 Å². The Kier molecular flexibility index (Phi) is 4.74. The summed E-state index contributed by atoms with van der Waals surface area (Å²) in [5.41, 5.74) is 1.22. The maximum absolute atomic E-state index is 12.8. The highest BCUT2D eigenvalue weighted by Crippen LogP contribution is 2.30. The van der Waals surface area contributed by atoms with Crippen molar-refractivity contribution in [3.8, 4) is 0 Å². The van der Waals surface area contributed by atoms with Gasteiger partial charge in [0.25, 0.3) is 10.0 Å². The van der Waals surface area contributed by atoms with Gasteiger partial charge in [0, 0.05) is 32.6 Å². The molecule has 0 amide bonds. The summed E-state index contributed by atoms with van der Waals surface area (Å²) in [5.74, 6) is 0.383. The third kappa shape index (κ3) is 3.29. The van der Waals surface area contributed by atoms with Gasteiger partial charge in [-0.2, -0.15) is 9.40 Å². The molecule has 0 atom stereocenters. The number of piperidine rings is 1. The molecular weight excluding hydrogens is 316 g/mol. The second-order valence-corrected chi connectivity index (χ2v) is 7.43. The summed E-state index contributed by atoms with van der Waals surface area (Å²) >= 11 is 0. The van der Waals surface area contributed by atoms with Gasteiger partial charge in [-0.25, -0.2) is 13.1 Å². The molecule has 1 aliphatic rings. The molecule has 0 radical (unpaired) electrons. The van der Waals surface area contributed by atoms with Crippen LogP contribution in [0, 0.1) is 0 Å². The first-order valence-corrected chi connectivity index (χ1v) is 8.98. The molecule has 0 saturated carbocycles. The van der Waals surface area contributed by atoms with Crippen LogP contribution >= 0.6 is 0 Å². The van der Waals surface area contributed by atoms with Crippen molar-refractivity contribution in [1.29, 1.82) is 0 Å². The monoisotopic (exact) mass is 336 g/mol. The average molecular weight is 336 g/mol. The van der Waals surface area contributed by atoms with Gasteiger partial charge in [0.15, 0.2) is 5.03 Å². The van der Waals surface area contributed by atoms with Gasteiger partial charge in [-0.05, 0) is 42.5 Å². The fourth-order valence-corrected chi connectivity index (χ4v) is 4.51. The molecule has 2 aromatic heterocycles. The molecule has 0 N–H and O–H groups in total. The van der Waals surface area contributed by atoms with Gasteiger partial charge < -0.3 is 4.74 Å². The van der Waals surface area contributed by atoms with E-state index in [1.54, 1.807) is 12.4 Å². The van der Waals surface area contributed by atoms with E-state index < -0.39 is 10.0 Å². The number of hydrogen-bond acceptors (Lipinski definition) is 5. The van der Waals surface area contributed by atoms with Gasteiger partial charge in [-0.3, -0.25) is 4.98 Å². The van der Waals surface area contributed by atoms with E-state index in [1.165, 1.54) is 33.9 Å². The molecule has 23 heavy (non-hydrogen) atoms. The second kappa shape index (κ2) is 6.77. The molecule has 3 heterocycles. The van der Waals surface area contributed by atoms with Crippen molar-refractivity contribution in [1.82, 2.24) is 19.1 Å². The number of aromatic nitrogens is 3. The Labute approximate surface area is 135 Å². The van der Waals surface area contributed by atoms with Crippen LogP contribution in [0.25, 0.3) is 0 Å². The molecule has 2 aromatic rings. The van der Waals surface area contributed by atoms with E-state index in [4.69, 9.17) is 4.74 Å². The number of ether oxygens (including phenoxy) is 1. The van der Waals surface area contributed by atoms with E-state index in [0.29, 0.717) is 19.0 Å². The first kappa shape index (κ1) is 16.1. The van der Waals surface area contributed by atoms with E-state index in [1.807, 2.05) is 12.1 Å². The van der Waals surface area contributed by atoms with Gasteiger partial charge in [0.1, 0.15) is 6.73 Å². The van der Waals surface area contributed by atoms with E-state index in [2.05, 4.69) is 10.1 Å².